The molecule has 0 fully saturated rings. The number of nitrogens with zero attached hydrogens (tertiary/aromatic N) is 1. The van der Waals surface area contributed by atoms with Crippen LogP contribution >= 0.6 is 0 Å². The predicted octanol–water partition coefficient (Wildman–Crippen LogP) is 1.29. The average molecular weight is 276 g/mol. The molecule has 0 spiro atoms. The number of benzene rings is 1. The Bertz CT molecular complexity index is 491. The van der Waals surface area contributed by atoms with Crippen LogP contribution in [0, 0.1) is 5.92 Å². The van der Waals surface area contributed by atoms with Gasteiger partial charge in [0.15, 0.2) is 0 Å². The van der Waals surface area contributed by atoms with Crippen molar-refractivity contribution in [3.8, 4) is 0 Å². The monoisotopic (exact) mass is 276 g/mol. The predicted molar refractivity (Wildman–Crippen MR) is 76.4 cm³/mol. The van der Waals surface area contributed by atoms with E-state index in [0.29, 0.717) is 13.0 Å². The van der Waals surface area contributed by atoms with Gasteiger partial charge in [0.05, 0.1) is 13.0 Å². The lowest BCUT2D eigenvalue weighted by Gasteiger charge is -2.23. The summed E-state index contributed by atoms with van der Waals surface area (Å²) >= 11 is 0. The fourth-order valence-electron chi connectivity index (χ4n) is 2.49. The molecule has 1 aliphatic heterocycles. The van der Waals surface area contributed by atoms with Crippen molar-refractivity contribution in [1.82, 2.24) is 4.90 Å². The van der Waals surface area contributed by atoms with Crippen LogP contribution in [0.2, 0.25) is 0 Å². The first-order valence-corrected chi connectivity index (χ1v) is 6.70. The third-order valence-corrected chi connectivity index (χ3v) is 3.60. The molecule has 20 heavy (non-hydrogen) atoms. The first-order chi connectivity index (χ1) is 9.52. The molecule has 1 aliphatic rings. The van der Waals surface area contributed by atoms with Crippen LogP contribution in [0.1, 0.15) is 12.5 Å². The number of nitrogens with one attached hydrogen (secondary N) is 1. The smallest absolute Gasteiger partial charge is 0.310 e. The third-order valence-electron chi connectivity index (χ3n) is 3.60. The van der Waals surface area contributed by atoms with Gasteiger partial charge in [-0.25, -0.2) is 0 Å². The van der Waals surface area contributed by atoms with E-state index in [9.17, 15) is 9.59 Å². The number of methoxy groups -OCH3 is 1. The van der Waals surface area contributed by atoms with E-state index < -0.39 is 0 Å². The Balaban J connectivity index is 1.94. The topological polar surface area (TPSA) is 58.6 Å². The molecule has 0 saturated heterocycles. The molecule has 0 aromatic heterocycles. The summed E-state index contributed by atoms with van der Waals surface area (Å²) < 4.78 is 4.68. The Hall–Kier alpha value is -2.04. The van der Waals surface area contributed by atoms with E-state index in [2.05, 4.69) is 10.1 Å². The number of carbonyl (C=O) groups excluding carboxylic acids is 2. The highest BCUT2D eigenvalue weighted by molar-refractivity contribution is 5.87. The number of esters is 1. The number of fused-ring (bicyclic) bond motifs is 1. The van der Waals surface area contributed by atoms with Crippen LogP contribution in [0.4, 0.5) is 5.69 Å². The number of likely N-dealkylation sites (N-methyl/N-ethyl adjacent to an activating group) is 1. The first-order valence-electron chi connectivity index (χ1n) is 6.70. The van der Waals surface area contributed by atoms with Crippen molar-refractivity contribution in [3.05, 3.63) is 29.8 Å². The molecule has 108 valence electrons. The summed E-state index contributed by atoms with van der Waals surface area (Å²) in [4.78, 5) is 25.4. The molecule has 0 saturated carbocycles. The average Bonchev–Trinajstić information content (AvgIpc) is 2.89. The number of hydrogen-bond donors (Lipinski definition) is 1. The molecule has 2 atom stereocenters. The van der Waals surface area contributed by atoms with Crippen molar-refractivity contribution in [2.75, 3.05) is 26.0 Å². The summed E-state index contributed by atoms with van der Waals surface area (Å²) in [6.07, 6.45) is 0.686. The second-order valence-electron chi connectivity index (χ2n) is 5.20. The summed E-state index contributed by atoms with van der Waals surface area (Å²) in [5, 5.41) is 3.22. The van der Waals surface area contributed by atoms with Gasteiger partial charge in [-0.05, 0) is 11.6 Å². The zero-order valence-electron chi connectivity index (χ0n) is 12.1. The van der Waals surface area contributed by atoms with Crippen LogP contribution in [0.5, 0.6) is 0 Å². The third kappa shape index (κ3) is 2.92. The highest BCUT2D eigenvalue weighted by Gasteiger charge is 2.29. The molecule has 2 unspecified atom stereocenters. The number of amides is 1. The SMILES string of the molecule is COC(=O)C(C)CN(C)C(=O)C1Cc2ccccc2N1. The Kier molecular flexibility index (Phi) is 4.27. The molecule has 0 aliphatic carbocycles. The highest BCUT2D eigenvalue weighted by atomic mass is 16.5. The standard InChI is InChI=1S/C15H20N2O3/c1-10(15(19)20-3)9-17(2)14(18)13-8-11-6-4-5-7-12(11)16-13/h4-7,10,13,16H,8-9H2,1-3H3. The van der Waals surface area contributed by atoms with E-state index in [1.54, 1.807) is 18.9 Å². The van der Waals surface area contributed by atoms with Gasteiger partial charge in [0.1, 0.15) is 6.04 Å². The fourth-order valence-corrected chi connectivity index (χ4v) is 2.49. The van der Waals surface area contributed by atoms with Gasteiger partial charge in [0.25, 0.3) is 0 Å². The summed E-state index contributed by atoms with van der Waals surface area (Å²) in [7, 11) is 3.07. The van der Waals surface area contributed by atoms with Gasteiger partial charge in [-0.2, -0.15) is 0 Å². The Morgan fingerprint density at radius 3 is 2.80 bits per heavy atom. The molecular formula is C15H20N2O3. The van der Waals surface area contributed by atoms with Crippen molar-refractivity contribution in [3.63, 3.8) is 0 Å². The van der Waals surface area contributed by atoms with Crippen LogP contribution in [0.3, 0.4) is 0 Å². The molecule has 0 bridgehead atoms. The van der Waals surface area contributed by atoms with E-state index in [0.717, 1.165) is 11.3 Å². The van der Waals surface area contributed by atoms with E-state index in [-0.39, 0.29) is 23.8 Å². The maximum absolute atomic E-state index is 12.4. The molecule has 2 rings (SSSR count). The maximum Gasteiger partial charge on any atom is 0.310 e. The number of para-hydroxylation sites is 1. The minimum Gasteiger partial charge on any atom is -0.469 e. The summed E-state index contributed by atoms with van der Waals surface area (Å²) in [5.41, 5.74) is 2.17. The van der Waals surface area contributed by atoms with Gasteiger partial charge in [-0.1, -0.05) is 25.1 Å². The van der Waals surface area contributed by atoms with Crippen LogP contribution in [-0.4, -0.2) is 43.5 Å². The first kappa shape index (κ1) is 14.4. The van der Waals surface area contributed by atoms with Crippen molar-refractivity contribution >= 4 is 17.6 Å². The van der Waals surface area contributed by atoms with Crippen molar-refractivity contribution in [2.45, 2.75) is 19.4 Å². The number of anilines is 1. The second-order valence-corrected chi connectivity index (χ2v) is 5.20. The van der Waals surface area contributed by atoms with Crippen molar-refractivity contribution < 1.29 is 14.3 Å². The second kappa shape index (κ2) is 5.94. The van der Waals surface area contributed by atoms with E-state index >= 15 is 0 Å². The van der Waals surface area contributed by atoms with Gasteiger partial charge < -0.3 is 15.0 Å². The molecule has 5 nitrogen and oxygen atoms in total. The van der Waals surface area contributed by atoms with Crippen LogP contribution in [0.25, 0.3) is 0 Å². The van der Waals surface area contributed by atoms with Crippen LogP contribution in [-0.2, 0) is 20.7 Å². The minimum atomic E-state index is -0.322. The lowest BCUT2D eigenvalue weighted by atomic mass is 10.1. The van der Waals surface area contributed by atoms with E-state index in [1.807, 2.05) is 24.3 Å². The number of carbonyl (C=O) groups is 2. The normalized spacial score (nSPS) is 17.9. The Morgan fingerprint density at radius 2 is 2.15 bits per heavy atom. The summed E-state index contributed by atoms with van der Waals surface area (Å²) in [5.74, 6) is -0.623. The Morgan fingerprint density at radius 1 is 1.45 bits per heavy atom. The molecule has 1 aromatic carbocycles. The summed E-state index contributed by atoms with van der Waals surface area (Å²) in [6.45, 7) is 2.12. The molecule has 1 amide bonds. The van der Waals surface area contributed by atoms with Gasteiger partial charge in [0, 0.05) is 25.7 Å². The zero-order chi connectivity index (χ0) is 14.7. The molecular weight excluding hydrogens is 256 g/mol. The Labute approximate surface area is 118 Å². The molecule has 5 heteroatoms. The van der Waals surface area contributed by atoms with Crippen LogP contribution < -0.4 is 5.32 Å². The van der Waals surface area contributed by atoms with Crippen LogP contribution in [0.15, 0.2) is 24.3 Å². The van der Waals surface area contributed by atoms with Gasteiger partial charge in [-0.15, -0.1) is 0 Å². The number of hydrogen-bond acceptors (Lipinski definition) is 4. The molecule has 1 N–H and O–H groups in total. The van der Waals surface area contributed by atoms with Gasteiger partial charge in [0.2, 0.25) is 5.91 Å². The minimum absolute atomic E-state index is 0.00282. The quantitative estimate of drug-likeness (QED) is 0.842. The lowest BCUT2D eigenvalue weighted by Crippen LogP contribution is -2.42. The summed E-state index contributed by atoms with van der Waals surface area (Å²) in [6, 6.07) is 7.66. The molecule has 1 aromatic rings. The molecule has 1 heterocycles. The lowest BCUT2D eigenvalue weighted by molar-refractivity contribution is -0.146. The number of rotatable bonds is 4. The van der Waals surface area contributed by atoms with E-state index in [1.165, 1.54) is 7.11 Å². The largest absolute Gasteiger partial charge is 0.469 e. The maximum atomic E-state index is 12.4. The van der Waals surface area contributed by atoms with Gasteiger partial charge in [-0.3, -0.25) is 9.59 Å². The van der Waals surface area contributed by atoms with Gasteiger partial charge >= 0.3 is 5.97 Å². The fraction of sp³-hybridized carbons (Fsp3) is 0.467. The molecule has 0 radical (unpaired) electrons. The van der Waals surface area contributed by atoms with Crippen molar-refractivity contribution in [2.24, 2.45) is 5.92 Å². The number of ether oxygens (including phenoxy) is 1. The van der Waals surface area contributed by atoms with E-state index in [4.69, 9.17) is 0 Å². The van der Waals surface area contributed by atoms with Crippen molar-refractivity contribution in [1.29, 1.82) is 0 Å². The zero-order valence-corrected chi connectivity index (χ0v) is 12.1. The highest BCUT2D eigenvalue weighted by Crippen LogP contribution is 2.25.